The molecule has 1 saturated carbocycles. The summed E-state index contributed by atoms with van der Waals surface area (Å²) >= 11 is 0. The van der Waals surface area contributed by atoms with Crippen LogP contribution in [0.1, 0.15) is 32.1 Å². The quantitative estimate of drug-likeness (QED) is 0.552. The van der Waals surface area contributed by atoms with Gasteiger partial charge < -0.3 is 0 Å². The molecule has 1 fully saturated rings. The van der Waals surface area contributed by atoms with E-state index in [1.165, 1.54) is 32.1 Å². The smallest absolute Gasteiger partial charge is 0.0230 e. The van der Waals surface area contributed by atoms with Gasteiger partial charge in [-0.15, -0.1) is 0 Å². The standard InChI is InChI=1S/C10H19P/c1-11(2)9-8-10-6-4-3-5-7-10/h8-10H,3-7H2,1-2H3. The fourth-order valence-electron chi connectivity index (χ4n) is 1.62. The monoisotopic (exact) mass is 170 g/mol. The molecule has 0 bridgehead atoms. The number of hydrogen-bond donors (Lipinski definition) is 0. The van der Waals surface area contributed by atoms with Crippen molar-refractivity contribution in [1.29, 1.82) is 0 Å². The van der Waals surface area contributed by atoms with Gasteiger partial charge in [0.15, 0.2) is 0 Å². The highest BCUT2D eigenvalue weighted by molar-refractivity contribution is 7.59. The summed E-state index contributed by atoms with van der Waals surface area (Å²) in [6.07, 6.45) is 9.74. The van der Waals surface area contributed by atoms with Crippen LogP contribution >= 0.6 is 7.92 Å². The zero-order chi connectivity index (χ0) is 8.10. The Bertz CT molecular complexity index is 121. The predicted molar refractivity (Wildman–Crippen MR) is 54.5 cm³/mol. The van der Waals surface area contributed by atoms with Gasteiger partial charge in [0.2, 0.25) is 0 Å². The summed E-state index contributed by atoms with van der Waals surface area (Å²) < 4.78 is 0. The number of rotatable bonds is 2. The van der Waals surface area contributed by atoms with Crippen LogP contribution in [0.15, 0.2) is 11.9 Å². The highest BCUT2D eigenvalue weighted by atomic mass is 31.1. The normalized spacial score (nSPS) is 21.7. The molecule has 0 unspecified atom stereocenters. The first-order valence-electron chi connectivity index (χ1n) is 4.64. The van der Waals surface area contributed by atoms with Crippen molar-refractivity contribution in [3.63, 3.8) is 0 Å². The van der Waals surface area contributed by atoms with E-state index in [0.717, 1.165) is 5.92 Å². The molecule has 1 rings (SSSR count). The lowest BCUT2D eigenvalue weighted by molar-refractivity contribution is 0.420. The Hall–Kier alpha value is 0.170. The minimum absolute atomic E-state index is 0.194. The molecular weight excluding hydrogens is 151 g/mol. The molecule has 1 aliphatic carbocycles. The minimum Gasteiger partial charge on any atom is -0.0900 e. The third-order valence-electron chi connectivity index (χ3n) is 2.31. The van der Waals surface area contributed by atoms with Crippen LogP contribution in [0.2, 0.25) is 0 Å². The Morgan fingerprint density at radius 3 is 2.27 bits per heavy atom. The number of allylic oxidation sites excluding steroid dienone is 1. The van der Waals surface area contributed by atoms with E-state index in [-0.39, 0.29) is 7.92 Å². The van der Waals surface area contributed by atoms with Crippen LogP contribution < -0.4 is 0 Å². The first kappa shape index (κ1) is 9.26. The first-order valence-corrected chi connectivity index (χ1v) is 6.94. The average molecular weight is 170 g/mol. The van der Waals surface area contributed by atoms with Gasteiger partial charge in [0.25, 0.3) is 0 Å². The molecule has 0 radical (unpaired) electrons. The molecule has 0 aromatic heterocycles. The van der Waals surface area contributed by atoms with Gasteiger partial charge in [0.1, 0.15) is 0 Å². The van der Waals surface area contributed by atoms with Gasteiger partial charge in [-0.25, -0.2) is 0 Å². The Balaban J connectivity index is 2.23. The molecule has 0 spiro atoms. The maximum atomic E-state index is 2.46. The van der Waals surface area contributed by atoms with Gasteiger partial charge in [-0.1, -0.05) is 39.1 Å². The lowest BCUT2D eigenvalue weighted by Gasteiger charge is -2.17. The highest BCUT2D eigenvalue weighted by Crippen LogP contribution is 2.30. The lowest BCUT2D eigenvalue weighted by atomic mass is 9.90. The second-order valence-electron chi connectivity index (χ2n) is 3.70. The van der Waals surface area contributed by atoms with Gasteiger partial charge >= 0.3 is 0 Å². The second-order valence-corrected chi connectivity index (χ2v) is 5.93. The predicted octanol–water partition coefficient (Wildman–Crippen LogP) is 3.82. The SMILES string of the molecule is CP(C)C=CC1CCCCC1. The molecule has 11 heavy (non-hydrogen) atoms. The Morgan fingerprint density at radius 1 is 1.09 bits per heavy atom. The fraction of sp³-hybridized carbons (Fsp3) is 0.800. The van der Waals surface area contributed by atoms with Gasteiger partial charge in [0, 0.05) is 0 Å². The van der Waals surface area contributed by atoms with Gasteiger partial charge in [-0.05, 0) is 32.1 Å². The van der Waals surface area contributed by atoms with E-state index in [0.29, 0.717) is 0 Å². The van der Waals surface area contributed by atoms with Crippen LogP contribution in [0.4, 0.5) is 0 Å². The summed E-state index contributed by atoms with van der Waals surface area (Å²) in [5.41, 5.74) is 0. The molecule has 0 nitrogen and oxygen atoms in total. The fourth-order valence-corrected chi connectivity index (χ4v) is 2.21. The second kappa shape index (κ2) is 4.93. The summed E-state index contributed by atoms with van der Waals surface area (Å²) in [5.74, 6) is 3.35. The summed E-state index contributed by atoms with van der Waals surface area (Å²) in [5, 5.41) is 0. The van der Waals surface area contributed by atoms with Gasteiger partial charge in [0.05, 0.1) is 0 Å². The van der Waals surface area contributed by atoms with E-state index >= 15 is 0 Å². The Kier molecular flexibility index (Phi) is 4.15. The third kappa shape index (κ3) is 3.91. The van der Waals surface area contributed by atoms with Crippen molar-refractivity contribution < 1.29 is 0 Å². The van der Waals surface area contributed by atoms with Crippen molar-refractivity contribution in [3.05, 3.63) is 11.9 Å². The van der Waals surface area contributed by atoms with Crippen molar-refractivity contribution in [3.8, 4) is 0 Å². The van der Waals surface area contributed by atoms with Gasteiger partial charge in [-0.2, -0.15) is 0 Å². The molecule has 0 atom stereocenters. The highest BCUT2D eigenvalue weighted by Gasteiger charge is 2.09. The van der Waals surface area contributed by atoms with E-state index in [4.69, 9.17) is 0 Å². The summed E-state index contributed by atoms with van der Waals surface area (Å²) in [6, 6.07) is 0. The van der Waals surface area contributed by atoms with E-state index < -0.39 is 0 Å². The zero-order valence-corrected chi connectivity index (χ0v) is 8.61. The van der Waals surface area contributed by atoms with Crippen molar-refractivity contribution in [2.75, 3.05) is 13.3 Å². The van der Waals surface area contributed by atoms with Crippen LogP contribution in [0, 0.1) is 5.92 Å². The molecule has 0 aromatic carbocycles. The van der Waals surface area contributed by atoms with Crippen LogP contribution in [0.5, 0.6) is 0 Å². The Labute approximate surface area is 71.8 Å². The van der Waals surface area contributed by atoms with Crippen molar-refractivity contribution in [2.24, 2.45) is 5.92 Å². The van der Waals surface area contributed by atoms with Crippen LogP contribution in [-0.2, 0) is 0 Å². The van der Waals surface area contributed by atoms with E-state index in [2.05, 4.69) is 25.2 Å². The summed E-state index contributed by atoms with van der Waals surface area (Å²) in [7, 11) is 0.194. The molecule has 1 aliphatic rings. The molecule has 0 heterocycles. The summed E-state index contributed by atoms with van der Waals surface area (Å²) in [6.45, 7) is 4.63. The van der Waals surface area contributed by atoms with Gasteiger partial charge in [-0.3, -0.25) is 0 Å². The van der Waals surface area contributed by atoms with E-state index in [9.17, 15) is 0 Å². The third-order valence-corrected chi connectivity index (χ3v) is 3.07. The molecule has 0 aromatic rings. The Morgan fingerprint density at radius 2 is 1.73 bits per heavy atom. The molecule has 64 valence electrons. The summed E-state index contributed by atoms with van der Waals surface area (Å²) in [4.78, 5) is 0. The van der Waals surface area contributed by atoms with Crippen molar-refractivity contribution >= 4 is 7.92 Å². The zero-order valence-electron chi connectivity index (χ0n) is 7.71. The van der Waals surface area contributed by atoms with E-state index in [1.807, 2.05) is 0 Å². The van der Waals surface area contributed by atoms with Crippen molar-refractivity contribution in [2.45, 2.75) is 32.1 Å². The maximum absolute atomic E-state index is 2.46. The average Bonchev–Trinajstić information content (AvgIpc) is 2.03. The largest absolute Gasteiger partial charge is 0.0900 e. The molecule has 1 heteroatoms. The topological polar surface area (TPSA) is 0 Å². The van der Waals surface area contributed by atoms with Crippen LogP contribution in [-0.4, -0.2) is 13.3 Å². The van der Waals surface area contributed by atoms with Crippen molar-refractivity contribution in [1.82, 2.24) is 0 Å². The maximum Gasteiger partial charge on any atom is -0.0230 e. The molecule has 0 aliphatic heterocycles. The molecule has 0 N–H and O–H groups in total. The molecule has 0 saturated heterocycles. The molecule has 0 amide bonds. The van der Waals surface area contributed by atoms with Crippen LogP contribution in [0.25, 0.3) is 0 Å². The van der Waals surface area contributed by atoms with Crippen LogP contribution in [0.3, 0.4) is 0 Å². The molecular formula is C10H19P. The van der Waals surface area contributed by atoms with E-state index in [1.54, 1.807) is 0 Å². The minimum atomic E-state index is 0.194. The lowest BCUT2D eigenvalue weighted by Crippen LogP contribution is -2.02. The first-order chi connectivity index (χ1) is 5.29. The number of hydrogen-bond acceptors (Lipinski definition) is 0.